The number of rotatable bonds is 1. The zero-order chi connectivity index (χ0) is 19.3. The van der Waals surface area contributed by atoms with Crippen molar-refractivity contribution < 1.29 is 9.53 Å². The van der Waals surface area contributed by atoms with Crippen LogP contribution in [0.4, 0.5) is 10.5 Å². The van der Waals surface area contributed by atoms with Crippen molar-refractivity contribution in [2.24, 2.45) is 0 Å². The number of allylic oxidation sites excluding steroid dienone is 2. The van der Waals surface area contributed by atoms with Crippen LogP contribution in [0.15, 0.2) is 18.3 Å². The van der Waals surface area contributed by atoms with E-state index in [9.17, 15) is 4.79 Å². The Kier molecular flexibility index (Phi) is 4.13. The van der Waals surface area contributed by atoms with E-state index in [0.717, 1.165) is 30.6 Å². The van der Waals surface area contributed by atoms with Gasteiger partial charge in [-0.15, -0.1) is 0 Å². The number of hydrogen-bond acceptors (Lipinski definition) is 3. The first-order chi connectivity index (χ1) is 12.8. The van der Waals surface area contributed by atoms with Crippen LogP contribution >= 0.6 is 0 Å². The fourth-order valence-electron chi connectivity index (χ4n) is 4.58. The Labute approximate surface area is 160 Å². The normalized spacial score (nSPS) is 18.2. The highest BCUT2D eigenvalue weighted by Gasteiger charge is 2.39. The number of carbonyl (C=O) groups excluding carboxylic acids is 1. The molecule has 1 aromatic heterocycles. The third-order valence-corrected chi connectivity index (χ3v) is 6.04. The fraction of sp³-hybridized carbons (Fsp3) is 0.455. The number of methoxy groups -OCH3 is 1. The van der Waals surface area contributed by atoms with Gasteiger partial charge < -0.3 is 4.74 Å². The summed E-state index contributed by atoms with van der Waals surface area (Å²) in [4.78, 5) is 14.1. The highest BCUT2D eigenvalue weighted by molar-refractivity contribution is 5.96. The number of aryl methyl sites for hydroxylation is 2. The van der Waals surface area contributed by atoms with Gasteiger partial charge in [-0.25, -0.2) is 4.79 Å². The molecule has 0 saturated carbocycles. The SMILES string of the molecule is COC(=O)N1CC(C)(C)c2cc(C)c(C3=C(C)c4n[nH]cc4CCC3)cc21. The van der Waals surface area contributed by atoms with Crippen LogP contribution in [-0.4, -0.2) is 29.9 Å². The first kappa shape index (κ1) is 17.8. The molecule has 4 rings (SSSR count). The van der Waals surface area contributed by atoms with Crippen molar-refractivity contribution in [3.8, 4) is 0 Å². The second kappa shape index (κ2) is 6.25. The van der Waals surface area contributed by atoms with Crippen molar-refractivity contribution in [3.05, 3.63) is 46.3 Å². The minimum Gasteiger partial charge on any atom is -0.452 e. The molecule has 1 amide bonds. The van der Waals surface area contributed by atoms with Gasteiger partial charge in [-0.05, 0) is 72.6 Å². The van der Waals surface area contributed by atoms with Crippen molar-refractivity contribution in [1.82, 2.24) is 10.2 Å². The number of nitrogens with one attached hydrogen (secondary N) is 1. The highest BCUT2D eigenvalue weighted by Crippen LogP contribution is 2.45. The van der Waals surface area contributed by atoms with E-state index in [0.29, 0.717) is 6.54 Å². The van der Waals surface area contributed by atoms with Gasteiger partial charge in [0.05, 0.1) is 18.5 Å². The largest absolute Gasteiger partial charge is 0.452 e. The van der Waals surface area contributed by atoms with E-state index >= 15 is 0 Å². The zero-order valence-corrected chi connectivity index (χ0v) is 16.8. The predicted molar refractivity (Wildman–Crippen MR) is 108 cm³/mol. The molecular weight excluding hydrogens is 338 g/mol. The van der Waals surface area contributed by atoms with Gasteiger partial charge in [0.1, 0.15) is 0 Å². The molecule has 2 aliphatic rings. The number of amides is 1. The second-order valence-electron chi connectivity index (χ2n) is 8.34. The topological polar surface area (TPSA) is 58.2 Å². The Morgan fingerprint density at radius 2 is 2.04 bits per heavy atom. The van der Waals surface area contributed by atoms with Crippen molar-refractivity contribution in [2.45, 2.75) is 52.4 Å². The summed E-state index contributed by atoms with van der Waals surface area (Å²) in [7, 11) is 1.44. The number of benzene rings is 1. The number of anilines is 1. The van der Waals surface area contributed by atoms with E-state index in [1.165, 1.54) is 40.5 Å². The standard InChI is InChI=1S/C22H27N3O2/c1-13-9-18-19(25(21(26)27-5)12-22(18,3)4)10-17(13)16-8-6-7-15-11-23-24-20(15)14(16)2/h9-11H,6-8,12H2,1-5H3,(H,23,24). The van der Waals surface area contributed by atoms with Gasteiger partial charge >= 0.3 is 6.09 Å². The first-order valence-electron chi connectivity index (χ1n) is 9.57. The van der Waals surface area contributed by atoms with Crippen LogP contribution < -0.4 is 4.90 Å². The van der Waals surface area contributed by atoms with Gasteiger partial charge in [0.15, 0.2) is 0 Å². The molecule has 0 bridgehead atoms. The van der Waals surface area contributed by atoms with Crippen LogP contribution in [-0.2, 0) is 16.6 Å². The van der Waals surface area contributed by atoms with E-state index in [1.54, 1.807) is 4.90 Å². The van der Waals surface area contributed by atoms with Crippen LogP contribution in [0.25, 0.3) is 11.1 Å². The number of carbonyl (C=O) groups is 1. The summed E-state index contributed by atoms with van der Waals surface area (Å²) >= 11 is 0. The molecule has 0 spiro atoms. The molecule has 0 unspecified atom stereocenters. The maximum absolute atomic E-state index is 12.4. The van der Waals surface area contributed by atoms with Gasteiger partial charge in [-0.1, -0.05) is 19.9 Å². The Balaban J connectivity index is 1.89. The van der Waals surface area contributed by atoms with Crippen molar-refractivity contribution >= 4 is 22.9 Å². The summed E-state index contributed by atoms with van der Waals surface area (Å²) < 4.78 is 5.04. The van der Waals surface area contributed by atoms with Crippen molar-refractivity contribution in [3.63, 3.8) is 0 Å². The molecule has 0 fully saturated rings. The molecule has 142 valence electrons. The molecule has 27 heavy (non-hydrogen) atoms. The van der Waals surface area contributed by atoms with Crippen LogP contribution in [0.1, 0.15) is 61.6 Å². The Hall–Kier alpha value is -2.56. The van der Waals surface area contributed by atoms with Gasteiger partial charge in [-0.2, -0.15) is 5.10 Å². The summed E-state index contributed by atoms with van der Waals surface area (Å²) in [6, 6.07) is 4.44. The number of aromatic nitrogens is 2. The maximum Gasteiger partial charge on any atom is 0.414 e. The Morgan fingerprint density at radius 1 is 1.26 bits per heavy atom. The minimum atomic E-state index is -0.294. The third-order valence-electron chi connectivity index (χ3n) is 6.04. The molecule has 1 aromatic carbocycles. The van der Waals surface area contributed by atoms with Gasteiger partial charge in [-0.3, -0.25) is 10.00 Å². The van der Waals surface area contributed by atoms with Crippen molar-refractivity contribution in [2.75, 3.05) is 18.6 Å². The predicted octanol–water partition coefficient (Wildman–Crippen LogP) is 4.85. The van der Waals surface area contributed by atoms with Gasteiger partial charge in [0.2, 0.25) is 0 Å². The van der Waals surface area contributed by atoms with E-state index in [1.807, 2.05) is 6.20 Å². The molecule has 5 heteroatoms. The molecule has 5 nitrogen and oxygen atoms in total. The monoisotopic (exact) mass is 365 g/mol. The molecule has 0 atom stereocenters. The molecular formula is C22H27N3O2. The lowest BCUT2D eigenvalue weighted by Gasteiger charge is -2.19. The third kappa shape index (κ3) is 2.76. The minimum absolute atomic E-state index is 0.0882. The number of nitrogens with zero attached hydrogens (tertiary/aromatic N) is 2. The van der Waals surface area contributed by atoms with E-state index in [2.05, 4.69) is 50.0 Å². The van der Waals surface area contributed by atoms with Gasteiger partial charge in [0.25, 0.3) is 0 Å². The number of fused-ring (bicyclic) bond motifs is 2. The summed E-state index contributed by atoms with van der Waals surface area (Å²) in [5.41, 5.74) is 9.49. The number of ether oxygens (including phenoxy) is 1. The summed E-state index contributed by atoms with van der Waals surface area (Å²) in [5, 5.41) is 7.50. The first-order valence-corrected chi connectivity index (χ1v) is 9.57. The Morgan fingerprint density at radius 3 is 2.78 bits per heavy atom. The smallest absolute Gasteiger partial charge is 0.414 e. The Bertz CT molecular complexity index is 952. The quantitative estimate of drug-likeness (QED) is 0.786. The second-order valence-corrected chi connectivity index (χ2v) is 8.34. The molecule has 2 aromatic rings. The van der Waals surface area contributed by atoms with E-state index < -0.39 is 0 Å². The van der Waals surface area contributed by atoms with Crippen LogP contribution in [0, 0.1) is 6.92 Å². The lowest BCUT2D eigenvalue weighted by Crippen LogP contribution is -2.33. The van der Waals surface area contributed by atoms with Crippen LogP contribution in [0.2, 0.25) is 0 Å². The summed E-state index contributed by atoms with van der Waals surface area (Å²) in [6.07, 6.45) is 4.88. The average molecular weight is 365 g/mol. The molecule has 1 aliphatic carbocycles. The lowest BCUT2D eigenvalue weighted by molar-refractivity contribution is 0.178. The number of H-pyrrole nitrogens is 1. The molecule has 0 radical (unpaired) electrons. The van der Waals surface area contributed by atoms with Crippen molar-refractivity contribution in [1.29, 1.82) is 0 Å². The van der Waals surface area contributed by atoms with Crippen LogP contribution in [0.5, 0.6) is 0 Å². The fourth-order valence-corrected chi connectivity index (χ4v) is 4.58. The average Bonchev–Trinajstić information content (AvgIpc) is 3.16. The zero-order valence-electron chi connectivity index (χ0n) is 16.8. The summed E-state index contributed by atoms with van der Waals surface area (Å²) in [6.45, 7) is 9.33. The van der Waals surface area contributed by atoms with Gasteiger partial charge in [0, 0.05) is 18.2 Å². The lowest BCUT2D eigenvalue weighted by atomic mass is 9.83. The van der Waals surface area contributed by atoms with E-state index in [4.69, 9.17) is 4.74 Å². The van der Waals surface area contributed by atoms with E-state index in [-0.39, 0.29) is 11.5 Å². The van der Waals surface area contributed by atoms with Crippen LogP contribution in [0.3, 0.4) is 0 Å². The maximum atomic E-state index is 12.4. The molecule has 0 saturated heterocycles. The number of hydrogen-bond donors (Lipinski definition) is 1. The molecule has 1 N–H and O–H groups in total. The summed E-state index contributed by atoms with van der Waals surface area (Å²) in [5.74, 6) is 0. The number of aromatic amines is 1. The highest BCUT2D eigenvalue weighted by atomic mass is 16.5. The molecule has 1 aliphatic heterocycles. The molecule has 2 heterocycles.